The van der Waals surface area contributed by atoms with Crippen LogP contribution in [0.2, 0.25) is 5.02 Å². The van der Waals surface area contributed by atoms with Crippen LogP contribution < -0.4 is 0 Å². The second-order valence-corrected chi connectivity index (χ2v) is 4.47. The van der Waals surface area contributed by atoms with Crippen LogP contribution in [0.25, 0.3) is 0 Å². The van der Waals surface area contributed by atoms with Gasteiger partial charge in [0, 0.05) is 12.1 Å². The standard InChI is InChI=1S/C14H14ClNO3/c1-2-16(9-11-4-3-7-19-11)14(18)10-5-6-13(17)12(15)8-10/h3-8,17H,2,9H2,1H3. The summed E-state index contributed by atoms with van der Waals surface area (Å²) < 4.78 is 5.23. The molecule has 0 atom stereocenters. The summed E-state index contributed by atoms with van der Waals surface area (Å²) in [5.41, 5.74) is 0.441. The topological polar surface area (TPSA) is 53.7 Å². The summed E-state index contributed by atoms with van der Waals surface area (Å²) in [6.45, 7) is 2.85. The molecule has 0 fully saturated rings. The van der Waals surface area contributed by atoms with Gasteiger partial charge >= 0.3 is 0 Å². The van der Waals surface area contributed by atoms with Crippen molar-refractivity contribution in [1.82, 2.24) is 4.90 Å². The minimum Gasteiger partial charge on any atom is -0.506 e. The Kier molecular flexibility index (Phi) is 4.12. The predicted molar refractivity (Wildman–Crippen MR) is 72.2 cm³/mol. The van der Waals surface area contributed by atoms with E-state index in [0.29, 0.717) is 18.7 Å². The maximum Gasteiger partial charge on any atom is 0.254 e. The summed E-state index contributed by atoms with van der Waals surface area (Å²) in [5, 5.41) is 9.52. The monoisotopic (exact) mass is 279 g/mol. The number of nitrogens with zero attached hydrogens (tertiary/aromatic N) is 1. The Morgan fingerprint density at radius 1 is 1.42 bits per heavy atom. The molecule has 1 aromatic carbocycles. The number of phenolic OH excluding ortho intramolecular Hbond substituents is 1. The van der Waals surface area contributed by atoms with E-state index in [0.717, 1.165) is 5.76 Å². The number of benzene rings is 1. The first-order chi connectivity index (χ1) is 9.11. The Hall–Kier alpha value is -1.94. The van der Waals surface area contributed by atoms with Crippen LogP contribution in [0, 0.1) is 0 Å². The van der Waals surface area contributed by atoms with E-state index in [1.807, 2.05) is 13.0 Å². The van der Waals surface area contributed by atoms with Crippen LogP contribution in [-0.2, 0) is 6.54 Å². The minimum atomic E-state index is -0.152. The highest BCUT2D eigenvalue weighted by Crippen LogP contribution is 2.24. The van der Waals surface area contributed by atoms with Gasteiger partial charge in [0.05, 0.1) is 17.8 Å². The van der Waals surface area contributed by atoms with Gasteiger partial charge in [0.15, 0.2) is 0 Å². The van der Waals surface area contributed by atoms with E-state index in [4.69, 9.17) is 16.0 Å². The number of aromatic hydroxyl groups is 1. The van der Waals surface area contributed by atoms with Crippen molar-refractivity contribution in [2.45, 2.75) is 13.5 Å². The van der Waals surface area contributed by atoms with Gasteiger partial charge < -0.3 is 14.4 Å². The average Bonchev–Trinajstić information content (AvgIpc) is 2.91. The van der Waals surface area contributed by atoms with E-state index in [9.17, 15) is 9.90 Å². The van der Waals surface area contributed by atoms with Crippen LogP contribution in [-0.4, -0.2) is 22.5 Å². The summed E-state index contributed by atoms with van der Waals surface area (Å²) in [4.78, 5) is 14.0. The van der Waals surface area contributed by atoms with Crippen LogP contribution in [0.15, 0.2) is 41.0 Å². The van der Waals surface area contributed by atoms with Gasteiger partial charge in [0.25, 0.3) is 5.91 Å². The molecule has 2 rings (SSSR count). The molecule has 0 aliphatic heterocycles. The first kappa shape index (κ1) is 13.5. The Labute approximate surface area is 116 Å². The van der Waals surface area contributed by atoms with E-state index in [1.54, 1.807) is 23.3 Å². The number of carbonyl (C=O) groups is 1. The second-order valence-electron chi connectivity index (χ2n) is 4.06. The van der Waals surface area contributed by atoms with Crippen molar-refractivity contribution < 1.29 is 14.3 Å². The number of amides is 1. The number of hydrogen-bond acceptors (Lipinski definition) is 3. The molecule has 0 aliphatic rings. The molecule has 5 heteroatoms. The molecule has 1 amide bonds. The van der Waals surface area contributed by atoms with Crippen molar-refractivity contribution >= 4 is 17.5 Å². The molecule has 0 saturated carbocycles. The Morgan fingerprint density at radius 2 is 2.21 bits per heavy atom. The molecule has 0 bridgehead atoms. The third-order valence-corrected chi connectivity index (χ3v) is 3.09. The van der Waals surface area contributed by atoms with Gasteiger partial charge in [-0.05, 0) is 37.3 Å². The van der Waals surface area contributed by atoms with Crippen molar-refractivity contribution in [1.29, 1.82) is 0 Å². The SMILES string of the molecule is CCN(Cc1ccco1)C(=O)c1ccc(O)c(Cl)c1. The van der Waals surface area contributed by atoms with Crippen molar-refractivity contribution in [3.8, 4) is 5.75 Å². The summed E-state index contributed by atoms with van der Waals surface area (Å²) in [5.74, 6) is 0.535. The van der Waals surface area contributed by atoms with E-state index in [2.05, 4.69) is 0 Å². The molecule has 0 unspecified atom stereocenters. The lowest BCUT2D eigenvalue weighted by Crippen LogP contribution is -2.30. The van der Waals surface area contributed by atoms with Gasteiger partial charge in [-0.1, -0.05) is 11.6 Å². The lowest BCUT2D eigenvalue weighted by Gasteiger charge is -2.19. The maximum absolute atomic E-state index is 12.3. The largest absolute Gasteiger partial charge is 0.506 e. The van der Waals surface area contributed by atoms with Gasteiger partial charge in [-0.2, -0.15) is 0 Å². The number of rotatable bonds is 4. The summed E-state index contributed by atoms with van der Waals surface area (Å²) in [7, 11) is 0. The minimum absolute atomic E-state index is 0.0349. The molecular formula is C14H14ClNO3. The molecule has 0 radical (unpaired) electrons. The summed E-state index contributed by atoms with van der Waals surface area (Å²) in [6, 6.07) is 8.03. The van der Waals surface area contributed by atoms with Crippen molar-refractivity contribution in [2.24, 2.45) is 0 Å². The van der Waals surface area contributed by atoms with Gasteiger partial charge in [-0.25, -0.2) is 0 Å². The molecule has 100 valence electrons. The smallest absolute Gasteiger partial charge is 0.254 e. The first-order valence-electron chi connectivity index (χ1n) is 5.92. The third-order valence-electron chi connectivity index (χ3n) is 2.79. The van der Waals surface area contributed by atoms with E-state index in [-0.39, 0.29) is 16.7 Å². The van der Waals surface area contributed by atoms with Crippen LogP contribution in [0.4, 0.5) is 0 Å². The predicted octanol–water partition coefficient (Wildman–Crippen LogP) is 3.30. The van der Waals surface area contributed by atoms with Gasteiger partial charge in [0.1, 0.15) is 11.5 Å². The molecule has 1 N–H and O–H groups in total. The Bertz CT molecular complexity index is 566. The molecule has 1 aromatic heterocycles. The molecule has 4 nitrogen and oxygen atoms in total. The zero-order chi connectivity index (χ0) is 13.8. The lowest BCUT2D eigenvalue weighted by atomic mass is 10.2. The second kappa shape index (κ2) is 5.80. The highest BCUT2D eigenvalue weighted by Gasteiger charge is 2.16. The average molecular weight is 280 g/mol. The van der Waals surface area contributed by atoms with Crippen molar-refractivity contribution in [3.05, 3.63) is 52.9 Å². The number of carbonyl (C=O) groups excluding carboxylic acids is 1. The van der Waals surface area contributed by atoms with Gasteiger partial charge in [0.2, 0.25) is 0 Å². The van der Waals surface area contributed by atoms with Crippen LogP contribution >= 0.6 is 11.6 Å². The highest BCUT2D eigenvalue weighted by atomic mass is 35.5. The van der Waals surface area contributed by atoms with Crippen molar-refractivity contribution in [2.75, 3.05) is 6.54 Å². The van der Waals surface area contributed by atoms with Crippen LogP contribution in [0.5, 0.6) is 5.75 Å². The first-order valence-corrected chi connectivity index (χ1v) is 6.29. The zero-order valence-electron chi connectivity index (χ0n) is 10.5. The number of furan rings is 1. The zero-order valence-corrected chi connectivity index (χ0v) is 11.2. The fourth-order valence-electron chi connectivity index (χ4n) is 1.74. The van der Waals surface area contributed by atoms with Gasteiger partial charge in [-0.3, -0.25) is 4.79 Å². The summed E-state index contributed by atoms with van der Waals surface area (Å²) >= 11 is 5.81. The fourth-order valence-corrected chi connectivity index (χ4v) is 1.92. The molecular weight excluding hydrogens is 266 g/mol. The van der Waals surface area contributed by atoms with E-state index < -0.39 is 0 Å². The Balaban J connectivity index is 2.18. The number of phenols is 1. The fraction of sp³-hybridized carbons (Fsp3) is 0.214. The van der Waals surface area contributed by atoms with Crippen LogP contribution in [0.1, 0.15) is 23.0 Å². The Morgan fingerprint density at radius 3 is 2.79 bits per heavy atom. The van der Waals surface area contributed by atoms with Crippen LogP contribution in [0.3, 0.4) is 0 Å². The maximum atomic E-state index is 12.3. The number of halogens is 1. The summed E-state index contributed by atoms with van der Waals surface area (Å²) in [6.07, 6.45) is 1.57. The molecule has 0 aliphatic carbocycles. The molecule has 0 saturated heterocycles. The molecule has 19 heavy (non-hydrogen) atoms. The van der Waals surface area contributed by atoms with Gasteiger partial charge in [-0.15, -0.1) is 0 Å². The quantitative estimate of drug-likeness (QED) is 0.934. The van der Waals surface area contributed by atoms with E-state index >= 15 is 0 Å². The normalized spacial score (nSPS) is 10.4. The lowest BCUT2D eigenvalue weighted by molar-refractivity contribution is 0.0741. The highest BCUT2D eigenvalue weighted by molar-refractivity contribution is 6.32. The molecule has 0 spiro atoms. The molecule has 1 heterocycles. The number of hydrogen-bond donors (Lipinski definition) is 1. The molecule has 2 aromatic rings. The third kappa shape index (κ3) is 3.09. The van der Waals surface area contributed by atoms with Crippen molar-refractivity contribution in [3.63, 3.8) is 0 Å². The van der Waals surface area contributed by atoms with E-state index in [1.165, 1.54) is 12.1 Å².